The molecule has 2 N–H and O–H groups in total. The monoisotopic (exact) mass is 620 g/mol. The molecule has 0 saturated heterocycles. The molecule has 2 amide bonds. The molecule has 0 unspecified atom stereocenters. The van der Waals surface area contributed by atoms with Gasteiger partial charge in [0, 0.05) is 13.1 Å². The summed E-state index contributed by atoms with van der Waals surface area (Å²) in [7, 11) is 0. The Morgan fingerprint density at radius 2 is 0.739 bits per heavy atom. The molecule has 0 radical (unpaired) electrons. The van der Waals surface area contributed by atoms with Crippen LogP contribution in [-0.4, -0.2) is 24.9 Å². The average Bonchev–Trinajstić information content (AvgIpc) is 3.11. The number of amides is 2. The Bertz CT molecular complexity index is 1330. The first-order chi connectivity index (χ1) is 22.7. The Balaban J connectivity index is 0.976. The first kappa shape index (κ1) is 34.3. The Kier molecular flexibility index (Phi) is 15.2. The molecule has 6 heteroatoms. The second-order valence-corrected chi connectivity index (χ2v) is 11.6. The predicted octanol–water partition coefficient (Wildman–Crippen LogP) is 8.91. The van der Waals surface area contributed by atoms with E-state index in [0.29, 0.717) is 48.9 Å². The number of para-hydroxylation sites is 2. The van der Waals surface area contributed by atoms with Crippen LogP contribution in [0, 0.1) is 0 Å². The summed E-state index contributed by atoms with van der Waals surface area (Å²) in [6, 6.07) is 34.8. The van der Waals surface area contributed by atoms with Gasteiger partial charge in [0.25, 0.3) is 11.8 Å². The molecule has 242 valence electrons. The number of unbranched alkanes of at least 4 members (excludes halogenated alkanes) is 9. The van der Waals surface area contributed by atoms with Crippen molar-refractivity contribution in [3.63, 3.8) is 0 Å². The fraction of sp³-hybridized carbons (Fsp3) is 0.350. The zero-order valence-corrected chi connectivity index (χ0v) is 26.9. The summed E-state index contributed by atoms with van der Waals surface area (Å²) in [4.78, 5) is 25.5. The van der Waals surface area contributed by atoms with Gasteiger partial charge in [-0.2, -0.15) is 0 Å². The Labute approximate surface area is 274 Å². The van der Waals surface area contributed by atoms with Crippen molar-refractivity contribution in [2.24, 2.45) is 0 Å². The van der Waals surface area contributed by atoms with Crippen LogP contribution >= 0.6 is 0 Å². The van der Waals surface area contributed by atoms with Crippen LogP contribution in [0.2, 0.25) is 0 Å². The van der Waals surface area contributed by atoms with E-state index in [2.05, 4.69) is 10.6 Å². The van der Waals surface area contributed by atoms with Crippen molar-refractivity contribution in [2.45, 2.75) is 77.4 Å². The maximum Gasteiger partial charge on any atom is 0.255 e. The third-order valence-electron chi connectivity index (χ3n) is 7.91. The molecular formula is C40H48N2O4. The summed E-state index contributed by atoms with van der Waals surface area (Å²) >= 11 is 0. The smallest absolute Gasteiger partial charge is 0.255 e. The topological polar surface area (TPSA) is 76.7 Å². The van der Waals surface area contributed by atoms with Crippen LogP contribution < -0.4 is 20.1 Å². The summed E-state index contributed by atoms with van der Waals surface area (Å²) in [6.07, 6.45) is 11.5. The molecule has 0 fully saturated rings. The van der Waals surface area contributed by atoms with Gasteiger partial charge in [-0.1, -0.05) is 136 Å². The number of carbonyl (C=O) groups is 2. The fourth-order valence-electron chi connectivity index (χ4n) is 5.29. The number of hydrogen-bond donors (Lipinski definition) is 2. The van der Waals surface area contributed by atoms with Crippen LogP contribution in [0.4, 0.5) is 0 Å². The summed E-state index contributed by atoms with van der Waals surface area (Å²) in [5.41, 5.74) is 3.30. The van der Waals surface area contributed by atoms with Gasteiger partial charge in [0.1, 0.15) is 24.7 Å². The highest BCUT2D eigenvalue weighted by Crippen LogP contribution is 2.21. The fourth-order valence-corrected chi connectivity index (χ4v) is 5.29. The van der Waals surface area contributed by atoms with Crippen LogP contribution in [0.25, 0.3) is 0 Å². The van der Waals surface area contributed by atoms with E-state index in [1.54, 1.807) is 0 Å². The van der Waals surface area contributed by atoms with E-state index < -0.39 is 0 Å². The van der Waals surface area contributed by atoms with Crippen molar-refractivity contribution in [1.82, 2.24) is 10.6 Å². The molecule has 4 rings (SSSR count). The summed E-state index contributed by atoms with van der Waals surface area (Å²) < 4.78 is 11.9. The van der Waals surface area contributed by atoms with Crippen LogP contribution in [0.3, 0.4) is 0 Å². The van der Waals surface area contributed by atoms with Crippen LogP contribution in [-0.2, 0) is 13.2 Å². The number of ether oxygens (including phenoxy) is 2. The Morgan fingerprint density at radius 1 is 0.413 bits per heavy atom. The lowest BCUT2D eigenvalue weighted by Gasteiger charge is -2.12. The Hall–Kier alpha value is -4.58. The highest BCUT2D eigenvalue weighted by Gasteiger charge is 2.13. The van der Waals surface area contributed by atoms with Crippen molar-refractivity contribution in [1.29, 1.82) is 0 Å². The zero-order chi connectivity index (χ0) is 32.1. The summed E-state index contributed by atoms with van der Waals surface area (Å²) in [5, 5.41) is 6.10. The lowest BCUT2D eigenvalue weighted by Crippen LogP contribution is -2.25. The molecule has 4 aromatic carbocycles. The van der Waals surface area contributed by atoms with Gasteiger partial charge in [0.05, 0.1) is 11.1 Å². The van der Waals surface area contributed by atoms with Gasteiger partial charge in [-0.3, -0.25) is 9.59 Å². The van der Waals surface area contributed by atoms with Crippen molar-refractivity contribution in [2.75, 3.05) is 13.1 Å². The Morgan fingerprint density at radius 3 is 1.13 bits per heavy atom. The average molecular weight is 621 g/mol. The summed E-state index contributed by atoms with van der Waals surface area (Å²) in [6.45, 7) is 2.22. The molecule has 0 aromatic heterocycles. The third kappa shape index (κ3) is 12.4. The first-order valence-corrected chi connectivity index (χ1v) is 16.8. The zero-order valence-electron chi connectivity index (χ0n) is 26.9. The second kappa shape index (κ2) is 20.5. The standard InChI is InChI=1S/C40H48N2O4/c43-39(35-25-15-17-27-37(35)45-31-33-21-11-9-12-22-33)41-29-19-7-5-3-1-2-4-6-8-20-30-42-40(44)36-26-16-18-28-38(36)46-32-34-23-13-10-14-24-34/h9-18,21-28H,1-8,19-20,29-32H2,(H,41,43)(H,42,44). The van der Waals surface area contributed by atoms with E-state index in [-0.39, 0.29) is 11.8 Å². The van der Waals surface area contributed by atoms with Gasteiger partial charge in [-0.25, -0.2) is 0 Å². The minimum Gasteiger partial charge on any atom is -0.488 e. The van der Waals surface area contributed by atoms with Gasteiger partial charge in [-0.15, -0.1) is 0 Å². The second-order valence-electron chi connectivity index (χ2n) is 11.6. The van der Waals surface area contributed by atoms with Crippen LogP contribution in [0.15, 0.2) is 109 Å². The van der Waals surface area contributed by atoms with E-state index >= 15 is 0 Å². The molecule has 0 atom stereocenters. The minimum absolute atomic E-state index is 0.0825. The van der Waals surface area contributed by atoms with E-state index in [1.807, 2.05) is 109 Å². The number of carbonyl (C=O) groups excluding carboxylic acids is 2. The molecule has 0 spiro atoms. The molecule has 46 heavy (non-hydrogen) atoms. The van der Waals surface area contributed by atoms with Crippen molar-refractivity contribution >= 4 is 11.8 Å². The largest absolute Gasteiger partial charge is 0.488 e. The maximum absolute atomic E-state index is 12.7. The molecule has 4 aromatic rings. The molecule has 0 aliphatic carbocycles. The lowest BCUT2D eigenvalue weighted by atomic mass is 10.1. The molecule has 0 heterocycles. The van der Waals surface area contributed by atoms with Gasteiger partial charge in [0.2, 0.25) is 0 Å². The van der Waals surface area contributed by atoms with Crippen molar-refractivity contribution in [3.05, 3.63) is 131 Å². The van der Waals surface area contributed by atoms with Gasteiger partial charge >= 0.3 is 0 Å². The highest BCUT2D eigenvalue weighted by molar-refractivity contribution is 5.97. The molecule has 0 aliphatic heterocycles. The first-order valence-electron chi connectivity index (χ1n) is 16.8. The molecular weight excluding hydrogens is 572 g/mol. The van der Waals surface area contributed by atoms with E-state index in [4.69, 9.17) is 9.47 Å². The third-order valence-corrected chi connectivity index (χ3v) is 7.91. The molecule has 6 nitrogen and oxygen atoms in total. The van der Waals surface area contributed by atoms with E-state index in [9.17, 15) is 9.59 Å². The highest BCUT2D eigenvalue weighted by atomic mass is 16.5. The molecule has 0 bridgehead atoms. The van der Waals surface area contributed by atoms with Crippen molar-refractivity contribution < 1.29 is 19.1 Å². The maximum atomic E-state index is 12.7. The van der Waals surface area contributed by atoms with Gasteiger partial charge in [0.15, 0.2) is 0 Å². The number of rotatable bonds is 21. The number of hydrogen-bond acceptors (Lipinski definition) is 4. The van der Waals surface area contributed by atoms with Gasteiger partial charge < -0.3 is 20.1 Å². The van der Waals surface area contributed by atoms with Crippen molar-refractivity contribution in [3.8, 4) is 11.5 Å². The van der Waals surface area contributed by atoms with Crippen LogP contribution in [0.5, 0.6) is 11.5 Å². The van der Waals surface area contributed by atoms with E-state index in [0.717, 1.165) is 36.8 Å². The normalized spacial score (nSPS) is 10.7. The molecule has 0 saturated carbocycles. The SMILES string of the molecule is O=C(NCCCCCCCCCCCCNC(=O)c1ccccc1OCc1ccccc1)c1ccccc1OCc1ccccc1. The number of benzene rings is 4. The van der Waals surface area contributed by atoms with Gasteiger partial charge in [-0.05, 0) is 48.2 Å². The minimum atomic E-state index is -0.0825. The summed E-state index contributed by atoms with van der Waals surface area (Å²) in [5.74, 6) is 1.06. The quantitative estimate of drug-likeness (QED) is 0.0912. The predicted molar refractivity (Wildman–Crippen MR) is 185 cm³/mol. The molecule has 0 aliphatic rings. The van der Waals surface area contributed by atoms with E-state index in [1.165, 1.54) is 38.5 Å². The number of nitrogens with one attached hydrogen (secondary N) is 2. The van der Waals surface area contributed by atoms with Crippen LogP contribution in [0.1, 0.15) is 96.1 Å². The lowest BCUT2D eigenvalue weighted by molar-refractivity contribution is 0.0940.